The van der Waals surface area contributed by atoms with Crippen LogP contribution in [0.3, 0.4) is 0 Å². The Morgan fingerprint density at radius 1 is 1.17 bits per heavy atom. The van der Waals surface area contributed by atoms with Crippen molar-refractivity contribution in [1.82, 2.24) is 15.5 Å². The molecule has 7 nitrogen and oxygen atoms in total. The first kappa shape index (κ1) is 23.4. The molecule has 1 aromatic rings. The van der Waals surface area contributed by atoms with Gasteiger partial charge in [0.05, 0.1) is 6.54 Å². The molecule has 1 aliphatic heterocycles. The fraction of sp³-hybridized carbons (Fsp3) is 0.571. The molecule has 4 N–H and O–H groups in total. The van der Waals surface area contributed by atoms with E-state index in [0.717, 1.165) is 50.4 Å². The highest BCUT2D eigenvalue weighted by atomic mass is 127. The number of amides is 2. The number of nitrogens with one attached hydrogen (secondary N) is 2. The normalized spacial score (nSPS) is 19.7. The van der Waals surface area contributed by atoms with Gasteiger partial charge in [0.2, 0.25) is 11.8 Å². The molecule has 1 unspecified atom stereocenters. The Kier molecular flexibility index (Phi) is 9.19. The zero-order valence-corrected chi connectivity index (χ0v) is 19.4. The first-order valence-electron chi connectivity index (χ1n) is 10.3. The number of nitrogens with zero attached hydrogens (tertiary/aromatic N) is 2. The van der Waals surface area contributed by atoms with Crippen LogP contribution in [0.15, 0.2) is 29.3 Å². The number of likely N-dealkylation sites (tertiary alicyclic amines) is 1. The summed E-state index contributed by atoms with van der Waals surface area (Å²) in [5.74, 6) is 0.895. The van der Waals surface area contributed by atoms with Gasteiger partial charge in [0.15, 0.2) is 5.96 Å². The van der Waals surface area contributed by atoms with Crippen molar-refractivity contribution in [2.45, 2.75) is 51.6 Å². The Hall–Kier alpha value is -1.84. The van der Waals surface area contributed by atoms with E-state index in [-0.39, 0.29) is 35.9 Å². The van der Waals surface area contributed by atoms with Crippen LogP contribution < -0.4 is 16.4 Å². The van der Waals surface area contributed by atoms with Crippen LogP contribution in [0.2, 0.25) is 0 Å². The second kappa shape index (κ2) is 11.4. The molecule has 2 fully saturated rings. The molecule has 2 amide bonds. The Bertz CT molecular complexity index is 716. The molecule has 2 aliphatic rings. The van der Waals surface area contributed by atoms with Crippen molar-refractivity contribution in [3.63, 3.8) is 0 Å². The molecule has 1 aromatic carbocycles. The van der Waals surface area contributed by atoms with Crippen LogP contribution in [0.25, 0.3) is 0 Å². The predicted molar refractivity (Wildman–Crippen MR) is 125 cm³/mol. The molecule has 160 valence electrons. The minimum Gasteiger partial charge on any atom is -0.366 e. The summed E-state index contributed by atoms with van der Waals surface area (Å²) in [6, 6.07) is 7.39. The van der Waals surface area contributed by atoms with Crippen LogP contribution in [0.5, 0.6) is 0 Å². The van der Waals surface area contributed by atoms with Gasteiger partial charge in [0, 0.05) is 37.2 Å². The Labute approximate surface area is 189 Å². The van der Waals surface area contributed by atoms with Crippen molar-refractivity contribution in [1.29, 1.82) is 0 Å². The lowest BCUT2D eigenvalue weighted by molar-refractivity contribution is -0.134. The number of aliphatic imine (C=N–C) groups is 1. The number of carbonyl (C=O) groups excluding carboxylic acids is 2. The zero-order chi connectivity index (χ0) is 19.9. The van der Waals surface area contributed by atoms with Crippen molar-refractivity contribution < 1.29 is 9.59 Å². The SMILES string of the molecule is CCNC(=NCc1ccc(C(N)=O)cc1)NC1CCN(C(=O)C2CCCC2)C1.I. The Morgan fingerprint density at radius 3 is 2.48 bits per heavy atom. The highest BCUT2D eigenvalue weighted by Crippen LogP contribution is 2.27. The van der Waals surface area contributed by atoms with Crippen molar-refractivity contribution in [2.75, 3.05) is 19.6 Å². The summed E-state index contributed by atoms with van der Waals surface area (Å²) in [5, 5.41) is 6.73. The summed E-state index contributed by atoms with van der Waals surface area (Å²) in [4.78, 5) is 30.4. The van der Waals surface area contributed by atoms with Gasteiger partial charge >= 0.3 is 0 Å². The predicted octanol–water partition coefficient (Wildman–Crippen LogP) is 2.25. The van der Waals surface area contributed by atoms with Gasteiger partial charge in [-0.05, 0) is 43.9 Å². The van der Waals surface area contributed by atoms with Gasteiger partial charge in [-0.1, -0.05) is 25.0 Å². The maximum absolute atomic E-state index is 12.6. The fourth-order valence-corrected chi connectivity index (χ4v) is 3.97. The molecular weight excluding hydrogens is 481 g/mol. The molecular formula is C21H32IN5O2. The average Bonchev–Trinajstić information content (AvgIpc) is 3.38. The number of nitrogens with two attached hydrogens (primary N) is 1. The summed E-state index contributed by atoms with van der Waals surface area (Å²) >= 11 is 0. The molecule has 8 heteroatoms. The molecule has 0 spiro atoms. The van der Waals surface area contributed by atoms with E-state index in [4.69, 9.17) is 5.73 Å². The summed E-state index contributed by atoms with van der Waals surface area (Å²) in [6.45, 7) is 4.87. The lowest BCUT2D eigenvalue weighted by Crippen LogP contribution is -2.45. The third-order valence-corrected chi connectivity index (χ3v) is 5.55. The number of halogens is 1. The van der Waals surface area contributed by atoms with Crippen LogP contribution in [-0.4, -0.2) is 48.3 Å². The van der Waals surface area contributed by atoms with Gasteiger partial charge in [-0.15, -0.1) is 24.0 Å². The molecule has 1 aliphatic carbocycles. The van der Waals surface area contributed by atoms with Gasteiger partial charge in [-0.3, -0.25) is 9.59 Å². The number of guanidine groups is 1. The largest absolute Gasteiger partial charge is 0.366 e. The van der Waals surface area contributed by atoms with Crippen LogP contribution in [-0.2, 0) is 11.3 Å². The van der Waals surface area contributed by atoms with E-state index in [2.05, 4.69) is 15.6 Å². The summed E-state index contributed by atoms with van der Waals surface area (Å²) in [7, 11) is 0. The maximum atomic E-state index is 12.6. The average molecular weight is 513 g/mol. The quantitative estimate of drug-likeness (QED) is 0.309. The summed E-state index contributed by atoms with van der Waals surface area (Å²) in [6.07, 6.45) is 5.40. The third-order valence-electron chi connectivity index (χ3n) is 5.55. The number of rotatable bonds is 6. The van der Waals surface area contributed by atoms with Crippen LogP contribution in [0.4, 0.5) is 0 Å². The van der Waals surface area contributed by atoms with E-state index >= 15 is 0 Å². The Balaban J connectivity index is 0.00000300. The monoisotopic (exact) mass is 513 g/mol. The molecule has 1 atom stereocenters. The molecule has 29 heavy (non-hydrogen) atoms. The zero-order valence-electron chi connectivity index (χ0n) is 17.0. The highest BCUT2D eigenvalue weighted by molar-refractivity contribution is 14.0. The molecule has 0 radical (unpaired) electrons. The minimum absolute atomic E-state index is 0. The summed E-state index contributed by atoms with van der Waals surface area (Å²) < 4.78 is 0. The van der Waals surface area contributed by atoms with Crippen molar-refractivity contribution >= 4 is 41.8 Å². The van der Waals surface area contributed by atoms with Gasteiger partial charge in [-0.25, -0.2) is 4.99 Å². The number of benzene rings is 1. The number of hydrogen-bond acceptors (Lipinski definition) is 3. The molecule has 3 rings (SSSR count). The standard InChI is InChI=1S/C21H31N5O2.HI/c1-2-23-21(24-13-15-7-9-16(10-8-15)19(22)27)25-18-11-12-26(14-18)20(28)17-5-3-4-6-17;/h7-10,17-18H,2-6,11-14H2,1H3,(H2,22,27)(H2,23,24,25);1H. The van der Waals surface area contributed by atoms with E-state index < -0.39 is 5.91 Å². The van der Waals surface area contributed by atoms with Crippen LogP contribution >= 0.6 is 24.0 Å². The smallest absolute Gasteiger partial charge is 0.248 e. The molecule has 1 heterocycles. The second-order valence-corrected chi connectivity index (χ2v) is 7.65. The van der Waals surface area contributed by atoms with E-state index in [9.17, 15) is 9.59 Å². The highest BCUT2D eigenvalue weighted by Gasteiger charge is 2.32. The fourth-order valence-electron chi connectivity index (χ4n) is 3.97. The van der Waals surface area contributed by atoms with E-state index in [1.807, 2.05) is 24.0 Å². The first-order valence-corrected chi connectivity index (χ1v) is 10.3. The van der Waals surface area contributed by atoms with Crippen LogP contribution in [0.1, 0.15) is 54.9 Å². The molecule has 0 bridgehead atoms. The molecule has 1 saturated carbocycles. The van der Waals surface area contributed by atoms with Gasteiger partial charge < -0.3 is 21.3 Å². The lowest BCUT2D eigenvalue weighted by atomic mass is 10.1. The minimum atomic E-state index is -0.428. The molecule has 1 saturated heterocycles. The number of primary amides is 1. The molecule has 0 aromatic heterocycles. The summed E-state index contributed by atoms with van der Waals surface area (Å²) in [5.41, 5.74) is 6.78. The van der Waals surface area contributed by atoms with E-state index in [1.54, 1.807) is 12.1 Å². The third kappa shape index (κ3) is 6.58. The second-order valence-electron chi connectivity index (χ2n) is 7.65. The van der Waals surface area contributed by atoms with Gasteiger partial charge in [-0.2, -0.15) is 0 Å². The van der Waals surface area contributed by atoms with Gasteiger partial charge in [0.1, 0.15) is 0 Å². The van der Waals surface area contributed by atoms with Crippen molar-refractivity contribution in [3.05, 3.63) is 35.4 Å². The van der Waals surface area contributed by atoms with Gasteiger partial charge in [0.25, 0.3) is 0 Å². The van der Waals surface area contributed by atoms with Crippen molar-refractivity contribution in [3.8, 4) is 0 Å². The number of carbonyl (C=O) groups is 2. The topological polar surface area (TPSA) is 99.8 Å². The van der Waals surface area contributed by atoms with Crippen molar-refractivity contribution in [2.24, 2.45) is 16.6 Å². The van der Waals surface area contributed by atoms with E-state index in [0.29, 0.717) is 18.0 Å². The number of hydrogen-bond donors (Lipinski definition) is 3. The maximum Gasteiger partial charge on any atom is 0.248 e. The first-order chi connectivity index (χ1) is 13.6. The van der Waals surface area contributed by atoms with E-state index in [1.165, 1.54) is 12.8 Å². The Morgan fingerprint density at radius 2 is 1.86 bits per heavy atom. The van der Waals surface area contributed by atoms with Crippen LogP contribution in [0, 0.1) is 5.92 Å². The lowest BCUT2D eigenvalue weighted by Gasteiger charge is -2.21.